The first kappa shape index (κ1) is 10.9. The van der Waals surface area contributed by atoms with Crippen LogP contribution in [-0.4, -0.2) is 16.0 Å². The molecule has 1 N–H and O–H groups in total. The maximum absolute atomic E-state index is 8.90. The number of rotatable bonds is 3. The molecule has 0 aliphatic heterocycles. The molecule has 0 amide bonds. The van der Waals surface area contributed by atoms with Crippen LogP contribution in [0.25, 0.3) is 0 Å². The van der Waals surface area contributed by atoms with E-state index < -0.39 is 0 Å². The van der Waals surface area contributed by atoms with E-state index in [4.69, 9.17) is 5.26 Å². The molecule has 1 aromatic rings. The van der Waals surface area contributed by atoms with Crippen molar-refractivity contribution in [1.29, 1.82) is 5.26 Å². The van der Waals surface area contributed by atoms with Crippen molar-refractivity contribution in [2.45, 2.75) is 38.6 Å². The summed E-state index contributed by atoms with van der Waals surface area (Å²) >= 11 is 0. The lowest BCUT2D eigenvalue weighted by Crippen LogP contribution is -2.25. The summed E-state index contributed by atoms with van der Waals surface area (Å²) in [6.45, 7) is 2.16. The first-order valence-corrected chi connectivity index (χ1v) is 5.79. The molecule has 0 spiro atoms. The second-order valence-corrected chi connectivity index (χ2v) is 4.34. The molecular formula is C12H16N4. The molecule has 1 heterocycles. The molecule has 1 aliphatic rings. The Balaban J connectivity index is 2.05. The van der Waals surface area contributed by atoms with Crippen molar-refractivity contribution >= 4 is 5.82 Å². The van der Waals surface area contributed by atoms with Crippen molar-refractivity contribution in [2.24, 2.45) is 5.92 Å². The first-order chi connectivity index (χ1) is 7.81. The molecule has 1 fully saturated rings. The summed E-state index contributed by atoms with van der Waals surface area (Å²) in [5, 5.41) is 12.2. The number of anilines is 1. The summed E-state index contributed by atoms with van der Waals surface area (Å²) in [6.07, 6.45) is 8.35. The molecule has 2 rings (SSSR count). The van der Waals surface area contributed by atoms with E-state index in [9.17, 15) is 0 Å². The van der Waals surface area contributed by atoms with Gasteiger partial charge in [0.25, 0.3) is 0 Å². The van der Waals surface area contributed by atoms with Gasteiger partial charge >= 0.3 is 0 Å². The van der Waals surface area contributed by atoms with Crippen molar-refractivity contribution in [3.05, 3.63) is 18.1 Å². The molecular weight excluding hydrogens is 200 g/mol. The number of nitrogens with one attached hydrogen (secondary N) is 1. The normalized spacial score (nSPS) is 18.0. The number of aromatic nitrogens is 2. The highest BCUT2D eigenvalue weighted by molar-refractivity contribution is 5.47. The highest BCUT2D eigenvalue weighted by atomic mass is 15.0. The van der Waals surface area contributed by atoms with Gasteiger partial charge in [0.05, 0.1) is 0 Å². The maximum Gasteiger partial charge on any atom is 0.182 e. The average molecular weight is 216 g/mol. The quantitative estimate of drug-likeness (QED) is 0.842. The Hall–Kier alpha value is -1.63. The Morgan fingerprint density at radius 3 is 2.75 bits per heavy atom. The molecule has 0 radical (unpaired) electrons. The number of hydrogen-bond acceptors (Lipinski definition) is 4. The van der Waals surface area contributed by atoms with E-state index in [1.807, 2.05) is 0 Å². The van der Waals surface area contributed by atoms with Crippen molar-refractivity contribution < 1.29 is 0 Å². The predicted molar refractivity (Wildman–Crippen MR) is 61.8 cm³/mol. The van der Waals surface area contributed by atoms with Gasteiger partial charge in [0, 0.05) is 18.4 Å². The maximum atomic E-state index is 8.90. The van der Waals surface area contributed by atoms with Crippen LogP contribution in [0.15, 0.2) is 12.4 Å². The van der Waals surface area contributed by atoms with Crippen LogP contribution in [0.5, 0.6) is 0 Å². The summed E-state index contributed by atoms with van der Waals surface area (Å²) in [4.78, 5) is 8.16. The lowest BCUT2D eigenvalue weighted by atomic mass is 10.00. The van der Waals surface area contributed by atoms with Crippen LogP contribution in [0.3, 0.4) is 0 Å². The summed E-state index contributed by atoms with van der Waals surface area (Å²) < 4.78 is 0. The van der Waals surface area contributed by atoms with E-state index in [2.05, 4.69) is 28.3 Å². The van der Waals surface area contributed by atoms with Gasteiger partial charge in [-0.2, -0.15) is 5.26 Å². The highest BCUT2D eigenvalue weighted by Gasteiger charge is 2.22. The van der Waals surface area contributed by atoms with Gasteiger partial charge in [0.15, 0.2) is 11.5 Å². The topological polar surface area (TPSA) is 61.6 Å². The van der Waals surface area contributed by atoms with E-state index in [-0.39, 0.29) is 0 Å². The molecule has 0 bridgehead atoms. The van der Waals surface area contributed by atoms with Gasteiger partial charge in [-0.25, -0.2) is 9.97 Å². The first-order valence-electron chi connectivity index (χ1n) is 5.79. The number of hydrogen-bond donors (Lipinski definition) is 1. The highest BCUT2D eigenvalue weighted by Crippen LogP contribution is 2.29. The Kier molecular flexibility index (Phi) is 3.35. The van der Waals surface area contributed by atoms with Crippen LogP contribution < -0.4 is 5.32 Å². The Morgan fingerprint density at radius 1 is 1.38 bits per heavy atom. The Bertz CT molecular complexity index is 390. The molecule has 0 aromatic carbocycles. The van der Waals surface area contributed by atoms with Crippen molar-refractivity contribution in [3.63, 3.8) is 0 Å². The van der Waals surface area contributed by atoms with Crippen LogP contribution in [0, 0.1) is 17.2 Å². The van der Waals surface area contributed by atoms with Crippen LogP contribution in [0.2, 0.25) is 0 Å². The van der Waals surface area contributed by atoms with Gasteiger partial charge < -0.3 is 5.32 Å². The fourth-order valence-electron chi connectivity index (χ4n) is 2.32. The van der Waals surface area contributed by atoms with Gasteiger partial charge in [-0.3, -0.25) is 0 Å². The third-order valence-corrected chi connectivity index (χ3v) is 3.28. The molecule has 1 atom stereocenters. The molecule has 84 valence electrons. The third kappa shape index (κ3) is 2.30. The van der Waals surface area contributed by atoms with Gasteiger partial charge in [-0.1, -0.05) is 12.8 Å². The number of nitriles is 1. The molecule has 1 unspecified atom stereocenters. The lowest BCUT2D eigenvalue weighted by molar-refractivity contribution is 0.481. The zero-order chi connectivity index (χ0) is 11.4. The minimum atomic E-state index is 0.367. The van der Waals surface area contributed by atoms with E-state index in [0.29, 0.717) is 23.5 Å². The summed E-state index contributed by atoms with van der Waals surface area (Å²) in [5.74, 6) is 1.32. The van der Waals surface area contributed by atoms with Crippen LogP contribution in [0.4, 0.5) is 5.82 Å². The average Bonchev–Trinajstić information content (AvgIpc) is 2.83. The van der Waals surface area contributed by atoms with Crippen LogP contribution >= 0.6 is 0 Å². The van der Waals surface area contributed by atoms with E-state index in [0.717, 1.165) is 0 Å². The number of nitrogens with zero attached hydrogens (tertiary/aromatic N) is 3. The smallest absolute Gasteiger partial charge is 0.182 e. The molecule has 4 nitrogen and oxygen atoms in total. The van der Waals surface area contributed by atoms with E-state index in [1.165, 1.54) is 25.7 Å². The minimum absolute atomic E-state index is 0.367. The standard InChI is InChI=1S/C12H16N4/c1-9(10-4-2-3-5-10)16-12-11(8-13)14-6-7-15-12/h6-7,9-10H,2-5H2,1H3,(H,15,16). The van der Waals surface area contributed by atoms with E-state index >= 15 is 0 Å². The predicted octanol–water partition coefficient (Wildman–Crippen LogP) is 2.34. The minimum Gasteiger partial charge on any atom is -0.365 e. The Labute approximate surface area is 95.7 Å². The molecule has 1 saturated carbocycles. The second-order valence-electron chi connectivity index (χ2n) is 4.34. The second kappa shape index (κ2) is 4.93. The van der Waals surface area contributed by atoms with Gasteiger partial charge in [-0.15, -0.1) is 0 Å². The molecule has 1 aromatic heterocycles. The molecule has 1 aliphatic carbocycles. The summed E-state index contributed by atoms with van der Waals surface area (Å²) in [6, 6.07) is 2.42. The zero-order valence-corrected chi connectivity index (χ0v) is 9.48. The third-order valence-electron chi connectivity index (χ3n) is 3.28. The van der Waals surface area contributed by atoms with Crippen LogP contribution in [-0.2, 0) is 0 Å². The SMILES string of the molecule is CC(Nc1nccnc1C#N)C1CCCC1. The summed E-state index contributed by atoms with van der Waals surface area (Å²) in [5.41, 5.74) is 0.382. The monoisotopic (exact) mass is 216 g/mol. The van der Waals surface area contributed by atoms with Gasteiger partial charge in [0.1, 0.15) is 6.07 Å². The van der Waals surface area contributed by atoms with Gasteiger partial charge in [0.2, 0.25) is 0 Å². The molecule has 0 saturated heterocycles. The van der Waals surface area contributed by atoms with Crippen molar-refractivity contribution in [2.75, 3.05) is 5.32 Å². The zero-order valence-electron chi connectivity index (χ0n) is 9.48. The largest absolute Gasteiger partial charge is 0.365 e. The van der Waals surface area contributed by atoms with Crippen molar-refractivity contribution in [3.8, 4) is 6.07 Å². The van der Waals surface area contributed by atoms with Crippen molar-refractivity contribution in [1.82, 2.24) is 9.97 Å². The Morgan fingerprint density at radius 2 is 2.06 bits per heavy atom. The molecule has 16 heavy (non-hydrogen) atoms. The van der Waals surface area contributed by atoms with E-state index in [1.54, 1.807) is 12.4 Å². The van der Waals surface area contributed by atoms with Crippen LogP contribution in [0.1, 0.15) is 38.3 Å². The lowest BCUT2D eigenvalue weighted by Gasteiger charge is -2.20. The summed E-state index contributed by atoms with van der Waals surface area (Å²) in [7, 11) is 0. The van der Waals surface area contributed by atoms with Gasteiger partial charge in [-0.05, 0) is 25.7 Å². The molecule has 4 heteroatoms. The fourth-order valence-corrected chi connectivity index (χ4v) is 2.32. The fraction of sp³-hybridized carbons (Fsp3) is 0.583.